The van der Waals surface area contributed by atoms with E-state index in [1.807, 2.05) is 0 Å². The number of urea groups is 1. The fourth-order valence-corrected chi connectivity index (χ4v) is 2.17. The Balaban J connectivity index is 2.21. The van der Waals surface area contributed by atoms with Crippen molar-refractivity contribution >= 4 is 11.9 Å². The molecular weight excluding hydrogens is 301 g/mol. The van der Waals surface area contributed by atoms with Gasteiger partial charge in [0.25, 0.3) is 5.91 Å². The van der Waals surface area contributed by atoms with Gasteiger partial charge in [0, 0.05) is 5.56 Å². The summed E-state index contributed by atoms with van der Waals surface area (Å²) in [6, 6.07) is 4.13. The molecule has 1 aliphatic rings. The number of benzene rings is 1. The van der Waals surface area contributed by atoms with E-state index in [1.54, 1.807) is 13.8 Å². The van der Waals surface area contributed by atoms with Crippen LogP contribution in [0.25, 0.3) is 0 Å². The van der Waals surface area contributed by atoms with Gasteiger partial charge in [-0.2, -0.15) is 0 Å². The van der Waals surface area contributed by atoms with Crippen LogP contribution in [0.2, 0.25) is 0 Å². The zero-order valence-corrected chi connectivity index (χ0v) is 12.0. The summed E-state index contributed by atoms with van der Waals surface area (Å²) in [5.74, 6) is -0.992. The maximum Gasteiger partial charge on any atom is 0.573 e. The van der Waals surface area contributed by atoms with Crippen LogP contribution >= 0.6 is 0 Å². The smallest absolute Gasteiger partial charge is 0.405 e. The standard InChI is InChI=1S/C14H15F3N2O3/c1-8(2)11-12(20)19(13(21)18-11)7-9-5-3-4-6-10(9)22-14(15,16)17/h3-6,8,11H,7H2,1-2H3,(H,18,21). The summed E-state index contributed by atoms with van der Waals surface area (Å²) in [5, 5.41) is 2.52. The van der Waals surface area contributed by atoms with Gasteiger partial charge in [-0.15, -0.1) is 13.2 Å². The van der Waals surface area contributed by atoms with E-state index in [9.17, 15) is 22.8 Å². The lowest BCUT2D eigenvalue weighted by molar-refractivity contribution is -0.274. The molecule has 0 bridgehead atoms. The molecule has 0 radical (unpaired) electrons. The summed E-state index contributed by atoms with van der Waals surface area (Å²) in [5.41, 5.74) is 0.104. The normalized spacial score (nSPS) is 18.8. The van der Waals surface area contributed by atoms with Gasteiger partial charge in [0.15, 0.2) is 0 Å². The largest absolute Gasteiger partial charge is 0.573 e. The van der Waals surface area contributed by atoms with Crippen LogP contribution in [-0.2, 0) is 11.3 Å². The molecule has 5 nitrogen and oxygen atoms in total. The van der Waals surface area contributed by atoms with E-state index in [2.05, 4.69) is 10.1 Å². The molecule has 1 fully saturated rings. The average Bonchev–Trinajstić information content (AvgIpc) is 2.67. The molecule has 0 aromatic heterocycles. The molecule has 22 heavy (non-hydrogen) atoms. The monoisotopic (exact) mass is 316 g/mol. The van der Waals surface area contributed by atoms with Crippen molar-refractivity contribution in [2.45, 2.75) is 32.8 Å². The second-order valence-electron chi connectivity index (χ2n) is 5.25. The van der Waals surface area contributed by atoms with Crippen LogP contribution in [-0.4, -0.2) is 29.2 Å². The molecule has 2 rings (SSSR count). The Kier molecular flexibility index (Phi) is 4.30. The highest BCUT2D eigenvalue weighted by molar-refractivity contribution is 6.04. The number of nitrogens with zero attached hydrogens (tertiary/aromatic N) is 1. The Labute approximate surface area is 125 Å². The van der Waals surface area contributed by atoms with E-state index < -0.39 is 30.1 Å². The van der Waals surface area contributed by atoms with Gasteiger partial charge in [-0.05, 0) is 12.0 Å². The molecule has 1 aromatic rings. The molecule has 1 saturated heterocycles. The van der Waals surface area contributed by atoms with Crippen LogP contribution in [0.4, 0.5) is 18.0 Å². The minimum atomic E-state index is -4.84. The fourth-order valence-electron chi connectivity index (χ4n) is 2.17. The zero-order valence-electron chi connectivity index (χ0n) is 12.0. The van der Waals surface area contributed by atoms with Gasteiger partial charge in [0.2, 0.25) is 0 Å². The number of imide groups is 1. The molecule has 0 spiro atoms. The molecule has 3 amide bonds. The number of nitrogens with one attached hydrogen (secondary N) is 1. The second-order valence-corrected chi connectivity index (χ2v) is 5.25. The molecule has 1 aliphatic heterocycles. The zero-order chi connectivity index (χ0) is 16.5. The average molecular weight is 316 g/mol. The van der Waals surface area contributed by atoms with Gasteiger partial charge < -0.3 is 10.1 Å². The third-order valence-corrected chi connectivity index (χ3v) is 3.25. The minimum absolute atomic E-state index is 0.104. The Bertz CT molecular complexity index is 587. The van der Waals surface area contributed by atoms with E-state index in [1.165, 1.54) is 18.2 Å². The topological polar surface area (TPSA) is 58.6 Å². The Morgan fingerprint density at radius 1 is 1.27 bits per heavy atom. The first kappa shape index (κ1) is 16.1. The second kappa shape index (κ2) is 5.86. The number of hydrogen-bond donors (Lipinski definition) is 1. The van der Waals surface area contributed by atoms with Crippen molar-refractivity contribution in [3.8, 4) is 5.75 Å². The number of carbonyl (C=O) groups excluding carboxylic acids is 2. The van der Waals surface area contributed by atoms with Crippen LogP contribution < -0.4 is 10.1 Å². The van der Waals surface area contributed by atoms with Gasteiger partial charge in [-0.1, -0.05) is 32.0 Å². The van der Waals surface area contributed by atoms with Gasteiger partial charge in [0.05, 0.1) is 6.54 Å². The van der Waals surface area contributed by atoms with Crippen LogP contribution in [0.15, 0.2) is 24.3 Å². The summed E-state index contributed by atoms with van der Waals surface area (Å²) < 4.78 is 41.0. The first-order valence-electron chi connectivity index (χ1n) is 6.64. The van der Waals surface area contributed by atoms with Crippen molar-refractivity contribution in [3.63, 3.8) is 0 Å². The molecule has 120 valence electrons. The van der Waals surface area contributed by atoms with Crippen molar-refractivity contribution in [2.75, 3.05) is 0 Å². The number of alkyl halides is 3. The lowest BCUT2D eigenvalue weighted by Gasteiger charge is -2.17. The summed E-state index contributed by atoms with van der Waals surface area (Å²) in [6.45, 7) is 3.26. The Morgan fingerprint density at radius 3 is 2.45 bits per heavy atom. The van der Waals surface area contributed by atoms with Gasteiger partial charge >= 0.3 is 12.4 Å². The molecule has 8 heteroatoms. The van der Waals surface area contributed by atoms with Gasteiger partial charge in [-0.3, -0.25) is 9.69 Å². The molecule has 0 aliphatic carbocycles. The lowest BCUT2D eigenvalue weighted by atomic mass is 10.0. The highest BCUT2D eigenvalue weighted by Gasteiger charge is 2.40. The van der Waals surface area contributed by atoms with E-state index in [-0.39, 0.29) is 18.0 Å². The number of halogens is 3. The highest BCUT2D eigenvalue weighted by atomic mass is 19.4. The van der Waals surface area contributed by atoms with E-state index in [0.717, 1.165) is 11.0 Å². The SMILES string of the molecule is CC(C)C1NC(=O)N(Cc2ccccc2OC(F)(F)F)C1=O. The van der Waals surface area contributed by atoms with Crippen molar-refractivity contribution in [1.29, 1.82) is 0 Å². The van der Waals surface area contributed by atoms with Crippen molar-refractivity contribution in [3.05, 3.63) is 29.8 Å². The van der Waals surface area contributed by atoms with Gasteiger partial charge in [0.1, 0.15) is 11.8 Å². The molecule has 1 N–H and O–H groups in total. The quantitative estimate of drug-likeness (QED) is 0.869. The molecule has 1 unspecified atom stereocenters. The summed E-state index contributed by atoms with van der Waals surface area (Å²) in [4.78, 5) is 24.9. The van der Waals surface area contributed by atoms with Crippen molar-refractivity contribution < 1.29 is 27.5 Å². The summed E-state index contributed by atoms with van der Waals surface area (Å²) >= 11 is 0. The number of rotatable bonds is 4. The third kappa shape index (κ3) is 3.49. The van der Waals surface area contributed by atoms with E-state index in [0.29, 0.717) is 0 Å². The van der Waals surface area contributed by atoms with E-state index >= 15 is 0 Å². The first-order valence-corrected chi connectivity index (χ1v) is 6.64. The highest BCUT2D eigenvalue weighted by Crippen LogP contribution is 2.28. The molecule has 1 aromatic carbocycles. The number of para-hydroxylation sites is 1. The summed E-state index contributed by atoms with van der Waals surface area (Å²) in [6.07, 6.45) is -4.84. The fraction of sp³-hybridized carbons (Fsp3) is 0.429. The number of ether oxygens (including phenoxy) is 1. The van der Waals surface area contributed by atoms with Crippen LogP contribution in [0.5, 0.6) is 5.75 Å². The van der Waals surface area contributed by atoms with Crippen molar-refractivity contribution in [1.82, 2.24) is 10.2 Å². The molecule has 0 saturated carbocycles. The Hall–Kier alpha value is -2.25. The maximum atomic E-state index is 12.4. The number of amides is 3. The number of carbonyl (C=O) groups is 2. The van der Waals surface area contributed by atoms with Crippen LogP contribution in [0, 0.1) is 5.92 Å². The first-order chi connectivity index (χ1) is 10.2. The van der Waals surface area contributed by atoms with Crippen LogP contribution in [0.1, 0.15) is 19.4 Å². The lowest BCUT2D eigenvalue weighted by Crippen LogP contribution is -2.34. The molecule has 1 atom stereocenters. The van der Waals surface area contributed by atoms with Crippen LogP contribution in [0.3, 0.4) is 0 Å². The maximum absolute atomic E-state index is 12.4. The van der Waals surface area contributed by atoms with Crippen molar-refractivity contribution in [2.24, 2.45) is 5.92 Å². The third-order valence-electron chi connectivity index (χ3n) is 3.25. The molecular formula is C14H15F3N2O3. The summed E-state index contributed by atoms with van der Waals surface area (Å²) in [7, 11) is 0. The Morgan fingerprint density at radius 2 is 1.91 bits per heavy atom. The minimum Gasteiger partial charge on any atom is -0.405 e. The number of hydrogen-bond acceptors (Lipinski definition) is 3. The van der Waals surface area contributed by atoms with E-state index in [4.69, 9.17) is 0 Å². The predicted octanol–water partition coefficient (Wildman–Crippen LogP) is 2.66. The van der Waals surface area contributed by atoms with Gasteiger partial charge in [-0.25, -0.2) is 4.79 Å². The predicted molar refractivity (Wildman–Crippen MR) is 70.8 cm³/mol. The molecule has 1 heterocycles.